The molecule has 0 aliphatic carbocycles. The third kappa shape index (κ3) is 5.33. The van der Waals surface area contributed by atoms with Gasteiger partial charge in [-0.15, -0.1) is 0 Å². The molecule has 3 rings (SSSR count). The number of nitrogens with one attached hydrogen (secondary N) is 2. The molecule has 2 N–H and O–H groups in total. The van der Waals surface area contributed by atoms with E-state index in [1.54, 1.807) is 12.1 Å². The first-order valence-corrected chi connectivity index (χ1v) is 9.57. The summed E-state index contributed by atoms with van der Waals surface area (Å²) in [4.78, 5) is 37.8. The van der Waals surface area contributed by atoms with Gasteiger partial charge in [0.05, 0.1) is 0 Å². The second-order valence-corrected chi connectivity index (χ2v) is 7.11. The quantitative estimate of drug-likeness (QED) is 0.670. The van der Waals surface area contributed by atoms with Gasteiger partial charge >= 0.3 is 6.03 Å². The molecule has 1 aliphatic heterocycles. The molecule has 2 aromatic rings. The molecule has 0 saturated carbocycles. The van der Waals surface area contributed by atoms with Crippen molar-refractivity contribution >= 4 is 29.4 Å². The number of benzene rings is 2. The fourth-order valence-electron chi connectivity index (χ4n) is 3.08. The van der Waals surface area contributed by atoms with Crippen molar-refractivity contribution < 1.29 is 14.4 Å². The lowest BCUT2D eigenvalue weighted by Crippen LogP contribution is -2.33. The third-order valence-electron chi connectivity index (χ3n) is 4.61. The van der Waals surface area contributed by atoms with Gasteiger partial charge in [-0.3, -0.25) is 14.5 Å². The number of amides is 4. The minimum atomic E-state index is -0.653. The SMILES string of the molecule is O=C(CC[C@H]1NC(=O)N(CCc2ccccc2)C1=O)NCc1cccc(Cl)c1. The van der Waals surface area contributed by atoms with Crippen LogP contribution in [0.2, 0.25) is 5.02 Å². The molecule has 0 aromatic heterocycles. The molecular formula is C21H22ClN3O3. The first-order valence-electron chi connectivity index (χ1n) is 9.20. The van der Waals surface area contributed by atoms with Gasteiger partial charge in [0, 0.05) is 24.5 Å². The van der Waals surface area contributed by atoms with Crippen molar-refractivity contribution in [2.24, 2.45) is 0 Å². The summed E-state index contributed by atoms with van der Waals surface area (Å²) < 4.78 is 0. The maximum atomic E-state index is 12.5. The summed E-state index contributed by atoms with van der Waals surface area (Å²) in [7, 11) is 0. The maximum Gasteiger partial charge on any atom is 0.324 e. The topological polar surface area (TPSA) is 78.5 Å². The second-order valence-electron chi connectivity index (χ2n) is 6.67. The minimum absolute atomic E-state index is 0.157. The maximum absolute atomic E-state index is 12.5. The Morgan fingerprint density at radius 2 is 1.82 bits per heavy atom. The van der Waals surface area contributed by atoms with Gasteiger partial charge in [-0.1, -0.05) is 54.1 Å². The molecule has 1 fully saturated rings. The van der Waals surface area contributed by atoms with E-state index in [2.05, 4.69) is 10.6 Å². The molecule has 7 heteroatoms. The molecule has 146 valence electrons. The van der Waals surface area contributed by atoms with Crippen LogP contribution in [0, 0.1) is 0 Å². The summed E-state index contributed by atoms with van der Waals surface area (Å²) >= 11 is 5.92. The van der Waals surface area contributed by atoms with E-state index in [9.17, 15) is 14.4 Å². The number of nitrogens with zero attached hydrogens (tertiary/aromatic N) is 1. The Balaban J connectivity index is 1.43. The lowest BCUT2D eigenvalue weighted by atomic mass is 10.1. The Labute approximate surface area is 168 Å². The number of imide groups is 1. The van der Waals surface area contributed by atoms with Gasteiger partial charge in [0.15, 0.2) is 0 Å². The van der Waals surface area contributed by atoms with Crippen LogP contribution in [0.3, 0.4) is 0 Å². The summed E-state index contributed by atoms with van der Waals surface area (Å²) in [6, 6.07) is 15.9. The zero-order valence-corrected chi connectivity index (χ0v) is 16.1. The molecular weight excluding hydrogens is 378 g/mol. The molecule has 0 radical (unpaired) electrons. The number of carbonyl (C=O) groups excluding carboxylic acids is 3. The summed E-state index contributed by atoms with van der Waals surface area (Å²) in [6.07, 6.45) is 1.03. The lowest BCUT2D eigenvalue weighted by Gasteiger charge is -2.13. The van der Waals surface area contributed by atoms with Crippen LogP contribution < -0.4 is 10.6 Å². The molecule has 1 heterocycles. The van der Waals surface area contributed by atoms with Crippen molar-refractivity contribution in [1.29, 1.82) is 0 Å². The van der Waals surface area contributed by atoms with E-state index in [4.69, 9.17) is 11.6 Å². The van der Waals surface area contributed by atoms with Gasteiger partial charge in [0.25, 0.3) is 5.91 Å². The standard InChI is InChI=1S/C21H22ClN3O3/c22-17-8-4-7-16(13-17)14-23-19(26)10-9-18-20(27)25(21(28)24-18)12-11-15-5-2-1-3-6-15/h1-8,13,18H,9-12,14H2,(H,23,26)(H,24,28)/t18-/m1/s1. The third-order valence-corrected chi connectivity index (χ3v) is 4.85. The van der Waals surface area contributed by atoms with E-state index >= 15 is 0 Å². The minimum Gasteiger partial charge on any atom is -0.352 e. The molecule has 0 spiro atoms. The van der Waals surface area contributed by atoms with Crippen LogP contribution in [0.4, 0.5) is 4.79 Å². The highest BCUT2D eigenvalue weighted by Gasteiger charge is 2.37. The van der Waals surface area contributed by atoms with Gasteiger partial charge in [-0.05, 0) is 36.1 Å². The highest BCUT2D eigenvalue weighted by molar-refractivity contribution is 6.30. The van der Waals surface area contributed by atoms with Crippen molar-refractivity contribution in [1.82, 2.24) is 15.5 Å². The van der Waals surface area contributed by atoms with Gasteiger partial charge < -0.3 is 10.6 Å². The smallest absolute Gasteiger partial charge is 0.324 e. The predicted molar refractivity (Wildman–Crippen MR) is 107 cm³/mol. The van der Waals surface area contributed by atoms with Crippen LogP contribution >= 0.6 is 11.6 Å². The fourth-order valence-corrected chi connectivity index (χ4v) is 3.29. The molecule has 1 aliphatic rings. The average molecular weight is 400 g/mol. The zero-order chi connectivity index (χ0) is 19.9. The summed E-state index contributed by atoms with van der Waals surface area (Å²) in [6.45, 7) is 0.694. The summed E-state index contributed by atoms with van der Waals surface area (Å²) in [5.41, 5.74) is 1.96. The number of hydrogen-bond donors (Lipinski definition) is 2. The first kappa shape index (κ1) is 19.9. The number of halogens is 1. The number of rotatable bonds is 8. The van der Waals surface area contributed by atoms with Crippen molar-refractivity contribution in [3.05, 3.63) is 70.7 Å². The van der Waals surface area contributed by atoms with E-state index in [0.717, 1.165) is 11.1 Å². The van der Waals surface area contributed by atoms with E-state index in [1.807, 2.05) is 42.5 Å². The van der Waals surface area contributed by atoms with Crippen molar-refractivity contribution in [2.45, 2.75) is 31.8 Å². The molecule has 1 atom stereocenters. The largest absolute Gasteiger partial charge is 0.352 e. The van der Waals surface area contributed by atoms with Gasteiger partial charge in [-0.2, -0.15) is 0 Å². The number of hydrogen-bond acceptors (Lipinski definition) is 3. The van der Waals surface area contributed by atoms with E-state index in [0.29, 0.717) is 24.5 Å². The van der Waals surface area contributed by atoms with E-state index in [-0.39, 0.29) is 24.7 Å². The van der Waals surface area contributed by atoms with Crippen molar-refractivity contribution in [2.75, 3.05) is 6.54 Å². The lowest BCUT2D eigenvalue weighted by molar-refractivity contribution is -0.127. The number of urea groups is 1. The first-order chi connectivity index (χ1) is 13.5. The monoisotopic (exact) mass is 399 g/mol. The van der Waals surface area contributed by atoms with Crippen LogP contribution in [0.5, 0.6) is 0 Å². The molecule has 4 amide bonds. The van der Waals surface area contributed by atoms with Gasteiger partial charge in [0.2, 0.25) is 5.91 Å². The summed E-state index contributed by atoms with van der Waals surface area (Å²) in [5, 5.41) is 6.08. The molecule has 1 saturated heterocycles. The van der Waals surface area contributed by atoms with Gasteiger partial charge in [0.1, 0.15) is 6.04 Å². The highest BCUT2D eigenvalue weighted by atomic mass is 35.5. The Morgan fingerprint density at radius 3 is 2.57 bits per heavy atom. The van der Waals surface area contributed by atoms with Crippen LogP contribution in [-0.2, 0) is 22.6 Å². The normalized spacial score (nSPS) is 16.2. The molecule has 0 bridgehead atoms. The molecule has 0 unspecified atom stereocenters. The van der Waals surface area contributed by atoms with Crippen molar-refractivity contribution in [3.8, 4) is 0 Å². The van der Waals surface area contributed by atoms with Crippen LogP contribution in [-0.4, -0.2) is 35.3 Å². The Morgan fingerprint density at radius 1 is 1.07 bits per heavy atom. The zero-order valence-electron chi connectivity index (χ0n) is 15.4. The molecule has 28 heavy (non-hydrogen) atoms. The van der Waals surface area contributed by atoms with Crippen LogP contribution in [0.15, 0.2) is 54.6 Å². The fraction of sp³-hybridized carbons (Fsp3) is 0.286. The number of carbonyl (C=O) groups is 3. The van der Waals surface area contributed by atoms with E-state index in [1.165, 1.54) is 4.90 Å². The Hall–Kier alpha value is -2.86. The van der Waals surface area contributed by atoms with Crippen molar-refractivity contribution in [3.63, 3.8) is 0 Å². The van der Waals surface area contributed by atoms with Crippen LogP contribution in [0.25, 0.3) is 0 Å². The van der Waals surface area contributed by atoms with Gasteiger partial charge in [-0.25, -0.2) is 4.79 Å². The molecule has 2 aromatic carbocycles. The molecule has 6 nitrogen and oxygen atoms in total. The van der Waals surface area contributed by atoms with E-state index < -0.39 is 12.1 Å². The summed E-state index contributed by atoms with van der Waals surface area (Å²) in [5.74, 6) is -0.451. The van der Waals surface area contributed by atoms with Crippen LogP contribution in [0.1, 0.15) is 24.0 Å². The average Bonchev–Trinajstić information content (AvgIpc) is 2.97. The highest BCUT2D eigenvalue weighted by Crippen LogP contribution is 2.13. The Bertz CT molecular complexity index is 857. The second kappa shape index (κ2) is 9.37. The Kier molecular flexibility index (Phi) is 6.66. The predicted octanol–water partition coefficient (Wildman–Crippen LogP) is 2.90.